The lowest BCUT2D eigenvalue weighted by Gasteiger charge is -2.22. The maximum absolute atomic E-state index is 4.43. The van der Waals surface area contributed by atoms with Crippen LogP contribution in [0.4, 0.5) is 0 Å². The van der Waals surface area contributed by atoms with E-state index in [1.807, 2.05) is 15.9 Å². The fourth-order valence-corrected chi connectivity index (χ4v) is 7.44. The summed E-state index contributed by atoms with van der Waals surface area (Å²) in [5.41, 5.74) is 8.88. The summed E-state index contributed by atoms with van der Waals surface area (Å²) in [6, 6.07) is 0.736. The molecule has 30 heavy (non-hydrogen) atoms. The second-order valence-corrected chi connectivity index (χ2v) is 10.7. The van der Waals surface area contributed by atoms with Crippen molar-refractivity contribution in [2.24, 2.45) is 5.92 Å². The number of hydrogen-bond acceptors (Lipinski definition) is 4. The maximum atomic E-state index is 4.43. The van der Waals surface area contributed by atoms with Crippen LogP contribution in [0.5, 0.6) is 0 Å². The van der Waals surface area contributed by atoms with Gasteiger partial charge in [0.15, 0.2) is 5.65 Å². The Balaban J connectivity index is 1.56. The van der Waals surface area contributed by atoms with Crippen LogP contribution in [0.2, 0.25) is 0 Å². The van der Waals surface area contributed by atoms with E-state index in [9.17, 15) is 0 Å². The molecule has 2 aliphatic rings. The lowest BCUT2D eigenvalue weighted by Crippen LogP contribution is -2.28. The number of aromatic amines is 1. The SMILES string of the molecule is Cc1c(-c2[nH]c3sc([C@@H]4CC5CC4CN5)c(C)c3c2C(C)C)cn2ncnc2c1C. The van der Waals surface area contributed by atoms with Crippen molar-refractivity contribution in [1.82, 2.24) is 24.9 Å². The van der Waals surface area contributed by atoms with Gasteiger partial charge in [-0.25, -0.2) is 9.50 Å². The Morgan fingerprint density at radius 1 is 1.13 bits per heavy atom. The van der Waals surface area contributed by atoms with Crippen molar-refractivity contribution in [3.8, 4) is 11.3 Å². The smallest absolute Gasteiger partial charge is 0.158 e. The van der Waals surface area contributed by atoms with Crippen LogP contribution >= 0.6 is 11.3 Å². The maximum Gasteiger partial charge on any atom is 0.158 e. The van der Waals surface area contributed by atoms with Gasteiger partial charge in [-0.2, -0.15) is 5.10 Å². The van der Waals surface area contributed by atoms with Crippen LogP contribution in [0, 0.1) is 26.7 Å². The van der Waals surface area contributed by atoms with Crippen molar-refractivity contribution in [1.29, 1.82) is 0 Å². The van der Waals surface area contributed by atoms with E-state index in [4.69, 9.17) is 0 Å². The third-order valence-electron chi connectivity index (χ3n) is 7.63. The second kappa shape index (κ2) is 6.41. The van der Waals surface area contributed by atoms with E-state index in [1.165, 1.54) is 63.1 Å². The molecule has 2 fully saturated rings. The van der Waals surface area contributed by atoms with E-state index < -0.39 is 0 Å². The monoisotopic (exact) mass is 419 g/mol. The predicted octanol–water partition coefficient (Wildman–Crippen LogP) is 5.45. The van der Waals surface area contributed by atoms with Crippen molar-refractivity contribution >= 4 is 27.2 Å². The van der Waals surface area contributed by atoms with Crippen LogP contribution in [-0.4, -0.2) is 32.2 Å². The average Bonchev–Trinajstić information content (AvgIpc) is 3.50. The number of thiophene rings is 1. The lowest BCUT2D eigenvalue weighted by atomic mass is 9.89. The summed E-state index contributed by atoms with van der Waals surface area (Å²) in [6.45, 7) is 12.5. The summed E-state index contributed by atoms with van der Waals surface area (Å²) >= 11 is 2.01. The number of rotatable bonds is 3. The molecule has 6 heteroatoms. The summed E-state index contributed by atoms with van der Waals surface area (Å²) in [4.78, 5) is 11.3. The molecule has 1 saturated carbocycles. The fraction of sp³-hybridized carbons (Fsp3) is 0.500. The number of pyridine rings is 1. The summed E-state index contributed by atoms with van der Waals surface area (Å²) < 4.78 is 1.91. The van der Waals surface area contributed by atoms with Gasteiger partial charge >= 0.3 is 0 Å². The Hall–Kier alpha value is -2.18. The van der Waals surface area contributed by atoms with Crippen LogP contribution in [-0.2, 0) is 0 Å². The molecule has 6 rings (SSSR count). The quantitative estimate of drug-likeness (QED) is 0.464. The van der Waals surface area contributed by atoms with Gasteiger partial charge in [0.25, 0.3) is 0 Å². The van der Waals surface area contributed by atoms with Gasteiger partial charge in [0.2, 0.25) is 0 Å². The van der Waals surface area contributed by atoms with Crippen LogP contribution < -0.4 is 5.32 Å². The summed E-state index contributed by atoms with van der Waals surface area (Å²) in [5.74, 6) is 2.00. The van der Waals surface area contributed by atoms with Crippen LogP contribution in [0.15, 0.2) is 12.5 Å². The largest absolute Gasteiger partial charge is 0.346 e. The van der Waals surface area contributed by atoms with E-state index in [-0.39, 0.29) is 0 Å². The zero-order chi connectivity index (χ0) is 20.7. The molecule has 0 aromatic carbocycles. The molecule has 1 aliphatic heterocycles. The Morgan fingerprint density at radius 3 is 2.67 bits per heavy atom. The number of aryl methyl sites for hydroxylation is 2. The molecule has 3 atom stereocenters. The number of aromatic nitrogens is 4. The molecule has 1 aliphatic carbocycles. The Labute approximate surface area is 180 Å². The molecular formula is C24H29N5S. The van der Waals surface area contributed by atoms with Gasteiger partial charge in [0.05, 0.1) is 5.69 Å². The minimum absolute atomic E-state index is 0.447. The highest BCUT2D eigenvalue weighted by Gasteiger charge is 2.42. The molecule has 1 saturated heterocycles. The minimum atomic E-state index is 0.447. The predicted molar refractivity (Wildman–Crippen MR) is 124 cm³/mol. The van der Waals surface area contributed by atoms with Gasteiger partial charge in [-0.3, -0.25) is 0 Å². The highest BCUT2D eigenvalue weighted by molar-refractivity contribution is 7.19. The Kier molecular flexibility index (Phi) is 3.97. The normalized spacial score (nSPS) is 23.6. The van der Waals surface area contributed by atoms with Gasteiger partial charge in [-0.1, -0.05) is 13.8 Å². The molecule has 0 amide bonds. The first-order chi connectivity index (χ1) is 14.4. The first-order valence-electron chi connectivity index (χ1n) is 11.1. The first-order valence-corrected chi connectivity index (χ1v) is 11.9. The van der Waals surface area contributed by atoms with Crippen LogP contribution in [0.3, 0.4) is 0 Å². The molecule has 5 nitrogen and oxygen atoms in total. The highest BCUT2D eigenvalue weighted by Crippen LogP contribution is 2.50. The van der Waals surface area contributed by atoms with Crippen LogP contribution in [0.25, 0.3) is 27.1 Å². The molecule has 0 spiro atoms. The Bertz CT molecular complexity index is 1290. The van der Waals surface area contributed by atoms with Gasteiger partial charge < -0.3 is 10.3 Å². The van der Waals surface area contributed by atoms with Gasteiger partial charge in [-0.15, -0.1) is 11.3 Å². The van der Waals surface area contributed by atoms with Crippen molar-refractivity contribution in [3.63, 3.8) is 0 Å². The van der Waals surface area contributed by atoms with Gasteiger partial charge in [0.1, 0.15) is 11.2 Å². The molecule has 156 valence electrons. The summed E-state index contributed by atoms with van der Waals surface area (Å²) in [5, 5.41) is 9.55. The number of fused-ring (bicyclic) bond motifs is 4. The number of piperidine rings is 1. The summed E-state index contributed by atoms with van der Waals surface area (Å²) in [7, 11) is 0. The number of hydrogen-bond donors (Lipinski definition) is 2. The zero-order valence-corrected chi connectivity index (χ0v) is 19.2. The van der Waals surface area contributed by atoms with Gasteiger partial charge in [0, 0.05) is 28.1 Å². The standard InChI is InChI=1S/C24H29N5S/c1-11(2)19-20-14(5)22(17-7-16-6-15(17)8-25-16)30-24(20)28-21(19)18-9-29-23(26-10-27-29)13(4)12(18)3/h9-11,15-17,25,28H,6-8H2,1-5H3/t15?,16?,17-/m1/s1. The van der Waals surface area contributed by atoms with Crippen molar-refractivity contribution in [2.45, 2.75) is 65.3 Å². The van der Waals surface area contributed by atoms with E-state index >= 15 is 0 Å². The average molecular weight is 420 g/mol. The molecule has 0 radical (unpaired) electrons. The molecule has 4 aromatic rings. The fourth-order valence-electron chi connectivity index (χ4n) is 6.00. The van der Waals surface area contributed by atoms with E-state index in [0.717, 1.165) is 23.5 Å². The molecular weight excluding hydrogens is 390 g/mol. The molecule has 4 aromatic heterocycles. The first kappa shape index (κ1) is 18.6. The minimum Gasteiger partial charge on any atom is -0.346 e. The number of nitrogens with one attached hydrogen (secondary N) is 2. The third-order valence-corrected chi connectivity index (χ3v) is 8.97. The van der Waals surface area contributed by atoms with Crippen molar-refractivity contribution in [2.75, 3.05) is 6.54 Å². The number of H-pyrrole nitrogens is 1. The third kappa shape index (κ3) is 2.44. The van der Waals surface area contributed by atoms with Crippen LogP contribution in [0.1, 0.15) is 65.7 Å². The Morgan fingerprint density at radius 2 is 1.97 bits per heavy atom. The van der Waals surface area contributed by atoms with E-state index in [1.54, 1.807) is 11.2 Å². The van der Waals surface area contributed by atoms with Crippen molar-refractivity contribution < 1.29 is 0 Å². The highest BCUT2D eigenvalue weighted by atomic mass is 32.1. The van der Waals surface area contributed by atoms with E-state index in [0.29, 0.717) is 5.92 Å². The second-order valence-electron chi connectivity index (χ2n) is 9.63. The topological polar surface area (TPSA) is 58.0 Å². The molecule has 2 unspecified atom stereocenters. The summed E-state index contributed by atoms with van der Waals surface area (Å²) in [6.07, 6.45) is 6.45. The molecule has 5 heterocycles. The van der Waals surface area contributed by atoms with Crippen molar-refractivity contribution in [3.05, 3.63) is 39.7 Å². The van der Waals surface area contributed by atoms with E-state index in [2.05, 4.69) is 61.2 Å². The number of nitrogens with zero attached hydrogens (tertiary/aromatic N) is 3. The zero-order valence-electron chi connectivity index (χ0n) is 18.3. The molecule has 2 bridgehead atoms. The lowest BCUT2D eigenvalue weighted by molar-refractivity contribution is 0.445. The van der Waals surface area contributed by atoms with Gasteiger partial charge in [-0.05, 0) is 80.2 Å². The molecule has 2 N–H and O–H groups in total.